The Kier molecular flexibility index (Phi) is 3.33. The van der Waals surface area contributed by atoms with Crippen LogP contribution in [-0.2, 0) is 7.05 Å². The summed E-state index contributed by atoms with van der Waals surface area (Å²) in [6, 6.07) is 9.25. The van der Waals surface area contributed by atoms with E-state index < -0.39 is 0 Å². The summed E-state index contributed by atoms with van der Waals surface area (Å²) in [7, 11) is 2.13. The van der Waals surface area contributed by atoms with E-state index in [0.717, 1.165) is 13.1 Å². The molecule has 102 valence electrons. The van der Waals surface area contributed by atoms with Gasteiger partial charge in [-0.25, -0.2) is 0 Å². The minimum Gasteiger partial charge on any atom is -0.350 e. The lowest BCUT2D eigenvalue weighted by molar-refractivity contribution is 0.286. The van der Waals surface area contributed by atoms with Crippen LogP contribution in [0.5, 0.6) is 0 Å². The average molecular weight is 257 g/mol. The van der Waals surface area contributed by atoms with Crippen molar-refractivity contribution < 1.29 is 0 Å². The van der Waals surface area contributed by atoms with Crippen molar-refractivity contribution in [3.63, 3.8) is 0 Å². The quantitative estimate of drug-likeness (QED) is 0.866. The summed E-state index contributed by atoms with van der Waals surface area (Å²) in [5, 5.41) is 4.94. The van der Waals surface area contributed by atoms with Gasteiger partial charge in [0.05, 0.1) is 0 Å². The smallest absolute Gasteiger partial charge is 0.0480 e. The van der Waals surface area contributed by atoms with Crippen LogP contribution in [0.1, 0.15) is 24.8 Å². The van der Waals surface area contributed by atoms with Gasteiger partial charge in [-0.1, -0.05) is 18.2 Å². The summed E-state index contributed by atoms with van der Waals surface area (Å²) in [5.41, 5.74) is 8.77. The maximum Gasteiger partial charge on any atom is 0.0480 e. The van der Waals surface area contributed by atoms with Gasteiger partial charge >= 0.3 is 0 Å². The molecular weight excluding hydrogens is 234 g/mol. The second-order valence-corrected chi connectivity index (χ2v) is 5.86. The molecule has 0 bridgehead atoms. The van der Waals surface area contributed by atoms with Crippen molar-refractivity contribution in [2.24, 2.45) is 18.7 Å². The molecule has 3 unspecified atom stereocenters. The highest BCUT2D eigenvalue weighted by Crippen LogP contribution is 2.36. The number of rotatable bonds is 2. The monoisotopic (exact) mass is 257 g/mol. The SMILES string of the molecule is CC1CC(c2cn(C)c3ccccc23)C(CN)CN1. The van der Waals surface area contributed by atoms with E-state index in [1.165, 1.54) is 22.9 Å². The Labute approximate surface area is 114 Å². The van der Waals surface area contributed by atoms with Gasteiger partial charge in [0.25, 0.3) is 0 Å². The van der Waals surface area contributed by atoms with Crippen LogP contribution in [0.3, 0.4) is 0 Å². The number of para-hydroxylation sites is 1. The first-order chi connectivity index (χ1) is 9.20. The van der Waals surface area contributed by atoms with Gasteiger partial charge in [-0.15, -0.1) is 0 Å². The maximum atomic E-state index is 5.98. The largest absolute Gasteiger partial charge is 0.350 e. The molecule has 3 heteroatoms. The molecule has 1 aromatic heterocycles. The Balaban J connectivity index is 2.06. The van der Waals surface area contributed by atoms with Crippen LogP contribution >= 0.6 is 0 Å². The molecule has 1 aromatic carbocycles. The van der Waals surface area contributed by atoms with E-state index >= 15 is 0 Å². The molecular formula is C16H23N3. The first-order valence-corrected chi connectivity index (χ1v) is 7.18. The number of piperidine rings is 1. The number of hydrogen-bond acceptors (Lipinski definition) is 2. The predicted molar refractivity (Wildman–Crippen MR) is 80.3 cm³/mol. The van der Waals surface area contributed by atoms with E-state index in [-0.39, 0.29) is 0 Å². The molecule has 2 aromatic rings. The lowest BCUT2D eigenvalue weighted by Gasteiger charge is -2.35. The number of nitrogens with two attached hydrogens (primary N) is 1. The van der Waals surface area contributed by atoms with Crippen molar-refractivity contribution in [3.8, 4) is 0 Å². The molecule has 3 N–H and O–H groups in total. The van der Waals surface area contributed by atoms with Crippen LogP contribution < -0.4 is 11.1 Å². The Hall–Kier alpha value is -1.32. The molecule has 0 saturated carbocycles. The minimum atomic E-state index is 0.544. The minimum absolute atomic E-state index is 0.544. The van der Waals surface area contributed by atoms with Crippen molar-refractivity contribution in [3.05, 3.63) is 36.0 Å². The molecule has 0 spiro atoms. The third kappa shape index (κ3) is 2.17. The Morgan fingerprint density at radius 1 is 1.37 bits per heavy atom. The second-order valence-electron chi connectivity index (χ2n) is 5.86. The summed E-state index contributed by atoms with van der Waals surface area (Å²) in [4.78, 5) is 0. The third-order valence-corrected chi connectivity index (χ3v) is 4.54. The molecule has 2 heterocycles. The predicted octanol–water partition coefficient (Wildman–Crippen LogP) is 2.22. The number of benzene rings is 1. The zero-order valence-corrected chi connectivity index (χ0v) is 11.8. The first kappa shape index (κ1) is 12.7. The highest BCUT2D eigenvalue weighted by molar-refractivity contribution is 5.84. The number of aryl methyl sites for hydroxylation is 1. The molecule has 3 rings (SSSR count). The fraction of sp³-hybridized carbons (Fsp3) is 0.500. The van der Waals surface area contributed by atoms with Gasteiger partial charge in [0.2, 0.25) is 0 Å². The summed E-state index contributed by atoms with van der Waals surface area (Å²) in [5.74, 6) is 1.12. The molecule has 1 aliphatic rings. The summed E-state index contributed by atoms with van der Waals surface area (Å²) in [6.07, 6.45) is 3.48. The molecule has 1 aliphatic heterocycles. The molecule has 3 nitrogen and oxygen atoms in total. The maximum absolute atomic E-state index is 5.98. The fourth-order valence-electron chi connectivity index (χ4n) is 3.45. The van der Waals surface area contributed by atoms with Crippen LogP contribution in [0.4, 0.5) is 0 Å². The third-order valence-electron chi connectivity index (χ3n) is 4.54. The van der Waals surface area contributed by atoms with Gasteiger partial charge in [0, 0.05) is 30.2 Å². The second kappa shape index (κ2) is 4.99. The normalized spacial score (nSPS) is 27.8. The number of nitrogens with one attached hydrogen (secondary N) is 1. The fourth-order valence-corrected chi connectivity index (χ4v) is 3.45. The zero-order valence-electron chi connectivity index (χ0n) is 11.8. The van der Waals surface area contributed by atoms with Crippen LogP contribution in [0.2, 0.25) is 0 Å². The van der Waals surface area contributed by atoms with E-state index in [0.29, 0.717) is 17.9 Å². The van der Waals surface area contributed by atoms with Crippen molar-refractivity contribution in [1.82, 2.24) is 9.88 Å². The number of hydrogen-bond donors (Lipinski definition) is 2. The van der Waals surface area contributed by atoms with E-state index in [1.807, 2.05) is 0 Å². The highest BCUT2D eigenvalue weighted by Gasteiger charge is 2.30. The average Bonchev–Trinajstić information content (AvgIpc) is 2.77. The molecule has 1 fully saturated rings. The number of nitrogens with zero attached hydrogens (tertiary/aromatic N) is 1. The molecule has 1 saturated heterocycles. The van der Waals surface area contributed by atoms with Crippen LogP contribution in [0, 0.1) is 5.92 Å². The first-order valence-electron chi connectivity index (χ1n) is 7.18. The number of fused-ring (bicyclic) bond motifs is 1. The van der Waals surface area contributed by atoms with Crippen LogP contribution in [0.15, 0.2) is 30.5 Å². The van der Waals surface area contributed by atoms with Gasteiger partial charge in [0.1, 0.15) is 0 Å². The van der Waals surface area contributed by atoms with Crippen LogP contribution in [0.25, 0.3) is 10.9 Å². The van der Waals surface area contributed by atoms with Gasteiger partial charge in [-0.05, 0) is 49.9 Å². The van der Waals surface area contributed by atoms with Gasteiger partial charge in [-0.2, -0.15) is 0 Å². The van der Waals surface area contributed by atoms with Crippen LogP contribution in [-0.4, -0.2) is 23.7 Å². The Morgan fingerprint density at radius 3 is 2.95 bits per heavy atom. The van der Waals surface area contributed by atoms with Gasteiger partial charge < -0.3 is 15.6 Å². The summed E-state index contributed by atoms with van der Waals surface area (Å²) < 4.78 is 2.24. The standard InChI is InChI=1S/C16H23N3/c1-11-7-14(12(8-17)9-18-11)15-10-19(2)16-6-4-3-5-13(15)16/h3-6,10-12,14,18H,7-9,17H2,1-2H3. The van der Waals surface area contributed by atoms with Crippen molar-refractivity contribution in [2.75, 3.05) is 13.1 Å². The molecule has 19 heavy (non-hydrogen) atoms. The van der Waals surface area contributed by atoms with Crippen molar-refractivity contribution in [2.45, 2.75) is 25.3 Å². The van der Waals surface area contributed by atoms with Crippen molar-refractivity contribution >= 4 is 10.9 Å². The summed E-state index contributed by atoms with van der Waals surface area (Å²) in [6.45, 7) is 4.06. The van der Waals surface area contributed by atoms with Gasteiger partial charge in [-0.3, -0.25) is 0 Å². The van der Waals surface area contributed by atoms with E-state index in [1.54, 1.807) is 0 Å². The van der Waals surface area contributed by atoms with E-state index in [4.69, 9.17) is 5.73 Å². The molecule has 0 aliphatic carbocycles. The van der Waals surface area contributed by atoms with E-state index in [9.17, 15) is 0 Å². The van der Waals surface area contributed by atoms with E-state index in [2.05, 4.69) is 54.3 Å². The highest BCUT2D eigenvalue weighted by atomic mass is 14.9. The molecule has 3 atom stereocenters. The van der Waals surface area contributed by atoms with Gasteiger partial charge in [0.15, 0.2) is 0 Å². The Morgan fingerprint density at radius 2 is 2.16 bits per heavy atom. The zero-order chi connectivity index (χ0) is 13.4. The lowest BCUT2D eigenvalue weighted by atomic mass is 9.79. The van der Waals surface area contributed by atoms with Crippen molar-refractivity contribution in [1.29, 1.82) is 0 Å². The molecule has 0 radical (unpaired) electrons. The lowest BCUT2D eigenvalue weighted by Crippen LogP contribution is -2.44. The molecule has 0 amide bonds. The Bertz CT molecular complexity index is 572. The topological polar surface area (TPSA) is 43.0 Å². The number of aromatic nitrogens is 1. The summed E-state index contributed by atoms with van der Waals surface area (Å²) >= 11 is 0.